The lowest BCUT2D eigenvalue weighted by Gasteiger charge is -2.11. The van der Waals surface area contributed by atoms with Gasteiger partial charge in [0.15, 0.2) is 5.65 Å². The van der Waals surface area contributed by atoms with E-state index in [4.69, 9.17) is 5.73 Å². The van der Waals surface area contributed by atoms with Gasteiger partial charge >= 0.3 is 5.69 Å². The van der Waals surface area contributed by atoms with Crippen molar-refractivity contribution in [2.24, 2.45) is 5.73 Å². The van der Waals surface area contributed by atoms with Crippen molar-refractivity contribution in [3.8, 4) is 0 Å². The van der Waals surface area contributed by atoms with Gasteiger partial charge in [0.2, 0.25) is 5.91 Å². The average molecular weight is 517 g/mol. The van der Waals surface area contributed by atoms with E-state index in [-0.39, 0.29) is 17.2 Å². The summed E-state index contributed by atoms with van der Waals surface area (Å²) >= 11 is 0. The zero-order chi connectivity index (χ0) is 26.9. The molecule has 9 nitrogen and oxygen atoms in total. The van der Waals surface area contributed by atoms with Crippen LogP contribution >= 0.6 is 0 Å². The Kier molecular flexibility index (Phi) is 9.26. The summed E-state index contributed by atoms with van der Waals surface area (Å²) in [6, 6.07) is 17.5. The molecule has 0 saturated carbocycles. The van der Waals surface area contributed by atoms with E-state index in [1.807, 2.05) is 61.5 Å². The molecule has 1 amide bonds. The van der Waals surface area contributed by atoms with Crippen LogP contribution in [0.4, 0.5) is 5.69 Å². The van der Waals surface area contributed by atoms with Crippen LogP contribution in [0.1, 0.15) is 56.0 Å². The minimum atomic E-state index is -0.347. The number of hydrogen-bond acceptors (Lipinski definition) is 5. The third-order valence-electron chi connectivity index (χ3n) is 6.54. The van der Waals surface area contributed by atoms with Crippen molar-refractivity contribution in [3.05, 3.63) is 92.4 Å². The molecule has 200 valence electrons. The fourth-order valence-electron chi connectivity index (χ4n) is 4.54. The second kappa shape index (κ2) is 13.0. The summed E-state index contributed by atoms with van der Waals surface area (Å²) in [5.41, 5.74) is 8.38. The van der Waals surface area contributed by atoms with Crippen molar-refractivity contribution in [2.45, 2.75) is 65.0 Å². The van der Waals surface area contributed by atoms with E-state index in [2.05, 4.69) is 15.3 Å². The zero-order valence-corrected chi connectivity index (χ0v) is 21.9. The summed E-state index contributed by atoms with van der Waals surface area (Å²) in [5.74, 6) is 0.639. The van der Waals surface area contributed by atoms with E-state index >= 15 is 0 Å². The molecule has 2 aromatic carbocycles. The second-order valence-electron chi connectivity index (χ2n) is 9.53. The van der Waals surface area contributed by atoms with Gasteiger partial charge in [-0.15, -0.1) is 0 Å². The van der Waals surface area contributed by atoms with E-state index < -0.39 is 0 Å². The number of amides is 1. The number of carbonyl (C=O) groups excluding carboxylic acids is 1. The molecule has 0 atom stereocenters. The number of nitrogens with one attached hydrogen (secondary N) is 2. The van der Waals surface area contributed by atoms with Crippen LogP contribution in [0.25, 0.3) is 11.2 Å². The van der Waals surface area contributed by atoms with Gasteiger partial charge in [-0.25, -0.2) is 9.78 Å². The minimum absolute atomic E-state index is 0.00765. The Hall–Kier alpha value is -3.98. The molecule has 0 spiro atoms. The number of H-pyrrole nitrogens is 1. The van der Waals surface area contributed by atoms with Crippen molar-refractivity contribution >= 4 is 22.8 Å². The molecule has 0 saturated heterocycles. The number of imidazole rings is 1. The normalized spacial score (nSPS) is 11.2. The third-order valence-corrected chi connectivity index (χ3v) is 6.54. The van der Waals surface area contributed by atoms with Crippen molar-refractivity contribution < 1.29 is 4.79 Å². The Morgan fingerprint density at radius 3 is 2.42 bits per heavy atom. The Morgan fingerprint density at radius 1 is 0.947 bits per heavy atom. The quantitative estimate of drug-likeness (QED) is 0.234. The van der Waals surface area contributed by atoms with Gasteiger partial charge in [0.05, 0.1) is 0 Å². The molecule has 0 radical (unpaired) electrons. The molecule has 0 aliphatic heterocycles. The highest BCUT2D eigenvalue weighted by molar-refractivity contribution is 5.90. The molecule has 0 bridgehead atoms. The fourth-order valence-corrected chi connectivity index (χ4v) is 4.54. The number of aromatic nitrogens is 4. The van der Waals surface area contributed by atoms with Gasteiger partial charge in [-0.2, -0.15) is 0 Å². The van der Waals surface area contributed by atoms with E-state index in [0.29, 0.717) is 62.3 Å². The van der Waals surface area contributed by atoms with Crippen LogP contribution in [-0.4, -0.2) is 31.6 Å². The number of aryl methyl sites for hydroxylation is 2. The molecule has 2 aromatic heterocycles. The van der Waals surface area contributed by atoms with Crippen LogP contribution in [0.3, 0.4) is 0 Å². The van der Waals surface area contributed by atoms with Crippen LogP contribution in [0, 0.1) is 0 Å². The zero-order valence-electron chi connectivity index (χ0n) is 21.9. The van der Waals surface area contributed by atoms with Crippen molar-refractivity contribution in [1.82, 2.24) is 19.1 Å². The standard InChI is InChI=1S/C29H36N6O3/c1-2-18-35-28(37)26-27(33-24(32-26)20-22-9-5-3-6-10-22)34(29(35)38)19-16-21-12-14-23(15-13-21)31-25(36)11-7-4-8-17-30/h3,5-6,9-10,12-15H,2,4,7-8,11,16-20,30H2,1H3,(H,31,36)(H,32,33). The number of nitrogens with two attached hydrogens (primary N) is 1. The maximum atomic E-state index is 13.3. The van der Waals surface area contributed by atoms with Crippen LogP contribution in [0.15, 0.2) is 64.2 Å². The Labute approximate surface area is 221 Å². The molecule has 9 heteroatoms. The van der Waals surface area contributed by atoms with E-state index in [1.54, 1.807) is 4.57 Å². The first-order valence-corrected chi connectivity index (χ1v) is 13.3. The monoisotopic (exact) mass is 516 g/mol. The summed E-state index contributed by atoms with van der Waals surface area (Å²) in [6.07, 6.45) is 4.97. The predicted octanol–water partition coefficient (Wildman–Crippen LogP) is 3.59. The van der Waals surface area contributed by atoms with Gasteiger partial charge in [0.25, 0.3) is 5.56 Å². The predicted molar refractivity (Wildman–Crippen MR) is 150 cm³/mol. The molecule has 0 aliphatic rings. The number of hydrogen-bond donors (Lipinski definition) is 3. The number of benzene rings is 2. The Balaban J connectivity index is 1.51. The first kappa shape index (κ1) is 27.1. The molecule has 0 aliphatic carbocycles. The highest BCUT2D eigenvalue weighted by atomic mass is 16.2. The topological polar surface area (TPSA) is 128 Å². The largest absolute Gasteiger partial charge is 0.336 e. The van der Waals surface area contributed by atoms with E-state index in [0.717, 1.165) is 36.1 Å². The van der Waals surface area contributed by atoms with Crippen LogP contribution < -0.4 is 22.3 Å². The Morgan fingerprint density at radius 2 is 1.71 bits per heavy atom. The number of unbranched alkanes of at least 4 members (excludes halogenated alkanes) is 2. The maximum Gasteiger partial charge on any atom is 0.332 e. The number of aromatic amines is 1. The molecule has 0 fully saturated rings. The van der Waals surface area contributed by atoms with Crippen LogP contribution in [-0.2, 0) is 30.7 Å². The van der Waals surface area contributed by atoms with Gasteiger partial charge in [0, 0.05) is 31.6 Å². The summed E-state index contributed by atoms with van der Waals surface area (Å²) in [6.45, 7) is 3.31. The maximum absolute atomic E-state index is 13.3. The van der Waals surface area contributed by atoms with Gasteiger partial charge < -0.3 is 16.0 Å². The number of nitrogens with zero attached hydrogens (tertiary/aromatic N) is 3. The lowest BCUT2D eigenvalue weighted by Crippen LogP contribution is -2.40. The van der Waals surface area contributed by atoms with Gasteiger partial charge in [-0.05, 0) is 55.5 Å². The minimum Gasteiger partial charge on any atom is -0.336 e. The molecular weight excluding hydrogens is 480 g/mol. The van der Waals surface area contributed by atoms with E-state index in [1.165, 1.54) is 4.57 Å². The first-order valence-electron chi connectivity index (χ1n) is 13.3. The van der Waals surface area contributed by atoms with E-state index in [9.17, 15) is 14.4 Å². The van der Waals surface area contributed by atoms with Crippen molar-refractivity contribution in [2.75, 3.05) is 11.9 Å². The van der Waals surface area contributed by atoms with Gasteiger partial charge in [-0.1, -0.05) is 55.8 Å². The number of rotatable bonds is 13. The lowest BCUT2D eigenvalue weighted by atomic mass is 10.1. The summed E-state index contributed by atoms with van der Waals surface area (Å²) < 4.78 is 2.88. The van der Waals surface area contributed by atoms with Gasteiger partial charge in [-0.3, -0.25) is 18.7 Å². The summed E-state index contributed by atoms with van der Waals surface area (Å²) in [5, 5.41) is 2.93. The highest BCUT2D eigenvalue weighted by Gasteiger charge is 2.17. The molecule has 4 rings (SSSR count). The molecular formula is C29H36N6O3. The first-order chi connectivity index (χ1) is 18.5. The number of carbonyl (C=O) groups is 1. The van der Waals surface area contributed by atoms with Crippen molar-refractivity contribution in [3.63, 3.8) is 0 Å². The van der Waals surface area contributed by atoms with Crippen LogP contribution in [0.2, 0.25) is 0 Å². The third kappa shape index (κ3) is 6.66. The molecule has 0 unspecified atom stereocenters. The molecule has 4 aromatic rings. The van der Waals surface area contributed by atoms with Crippen molar-refractivity contribution in [1.29, 1.82) is 0 Å². The number of anilines is 1. The van der Waals surface area contributed by atoms with Gasteiger partial charge in [0.1, 0.15) is 11.3 Å². The second-order valence-corrected chi connectivity index (χ2v) is 9.53. The molecule has 2 heterocycles. The molecule has 38 heavy (non-hydrogen) atoms. The lowest BCUT2D eigenvalue weighted by molar-refractivity contribution is -0.116. The molecule has 4 N–H and O–H groups in total. The number of fused-ring (bicyclic) bond motifs is 1. The van der Waals surface area contributed by atoms with Crippen LogP contribution in [0.5, 0.6) is 0 Å². The summed E-state index contributed by atoms with van der Waals surface area (Å²) in [7, 11) is 0. The highest BCUT2D eigenvalue weighted by Crippen LogP contribution is 2.14. The smallest absolute Gasteiger partial charge is 0.332 e. The summed E-state index contributed by atoms with van der Waals surface area (Å²) in [4.78, 5) is 46.4. The average Bonchev–Trinajstić information content (AvgIpc) is 3.34. The Bertz CT molecular complexity index is 1470. The SMILES string of the molecule is CCCn1c(=O)c2[nH]c(Cc3ccccc3)nc2n(CCc2ccc(NC(=O)CCCCCN)cc2)c1=O. The fraction of sp³-hybridized carbons (Fsp3) is 0.379.